The highest BCUT2D eigenvalue weighted by Crippen LogP contribution is 2.35. The number of alkyl halides is 3. The molecule has 0 aromatic heterocycles. The van der Waals surface area contributed by atoms with Crippen LogP contribution in [-0.4, -0.2) is 17.6 Å². The van der Waals surface area contributed by atoms with Gasteiger partial charge in [0, 0.05) is 12.1 Å². The molecule has 2 rings (SSSR count). The Balaban J connectivity index is 2.14. The molecule has 0 amide bonds. The standard InChI is InChI=1S/C14H16F3NO2/c1-13(2,3)20-12(19)11-7-8-6-9(14(15,16)17)4-5-10(8)18-11/h4-6,11,18H,7H2,1-3H3. The Morgan fingerprint density at radius 1 is 1.30 bits per heavy atom. The molecule has 20 heavy (non-hydrogen) atoms. The second-order valence-corrected chi connectivity index (χ2v) is 5.80. The molecule has 0 fully saturated rings. The van der Waals surface area contributed by atoms with Gasteiger partial charge in [0.05, 0.1) is 5.56 Å². The molecule has 0 bridgehead atoms. The molecule has 110 valence electrons. The largest absolute Gasteiger partial charge is 0.458 e. The number of hydrogen-bond acceptors (Lipinski definition) is 3. The van der Waals surface area contributed by atoms with Crippen molar-refractivity contribution >= 4 is 11.7 Å². The monoisotopic (exact) mass is 287 g/mol. The van der Waals surface area contributed by atoms with E-state index in [0.717, 1.165) is 12.1 Å². The van der Waals surface area contributed by atoms with Gasteiger partial charge in [0.1, 0.15) is 11.6 Å². The average Bonchev–Trinajstić information content (AvgIpc) is 2.67. The molecule has 0 saturated heterocycles. The Morgan fingerprint density at radius 2 is 1.95 bits per heavy atom. The van der Waals surface area contributed by atoms with Crippen LogP contribution in [0.4, 0.5) is 18.9 Å². The van der Waals surface area contributed by atoms with Crippen molar-refractivity contribution in [3.8, 4) is 0 Å². The van der Waals surface area contributed by atoms with Crippen molar-refractivity contribution in [2.24, 2.45) is 0 Å². The number of rotatable bonds is 1. The number of benzene rings is 1. The van der Waals surface area contributed by atoms with Crippen LogP contribution >= 0.6 is 0 Å². The van der Waals surface area contributed by atoms with Gasteiger partial charge in [0.15, 0.2) is 0 Å². The third-order valence-corrected chi connectivity index (χ3v) is 2.88. The zero-order chi connectivity index (χ0) is 15.1. The number of nitrogens with one attached hydrogen (secondary N) is 1. The molecule has 1 N–H and O–H groups in total. The van der Waals surface area contributed by atoms with E-state index in [1.165, 1.54) is 6.07 Å². The third kappa shape index (κ3) is 3.23. The second-order valence-electron chi connectivity index (χ2n) is 5.80. The topological polar surface area (TPSA) is 38.3 Å². The Morgan fingerprint density at radius 3 is 2.50 bits per heavy atom. The van der Waals surface area contributed by atoms with Gasteiger partial charge in [-0.25, -0.2) is 4.79 Å². The number of fused-ring (bicyclic) bond motifs is 1. The summed E-state index contributed by atoms with van der Waals surface area (Å²) in [6, 6.07) is 2.80. The highest BCUT2D eigenvalue weighted by atomic mass is 19.4. The Labute approximate surface area is 115 Å². The molecule has 0 saturated carbocycles. The van der Waals surface area contributed by atoms with Crippen molar-refractivity contribution in [2.45, 2.75) is 45.0 Å². The smallest absolute Gasteiger partial charge is 0.416 e. The molecule has 1 aliphatic heterocycles. The van der Waals surface area contributed by atoms with Crippen LogP contribution in [0.1, 0.15) is 31.9 Å². The minimum absolute atomic E-state index is 0.203. The van der Waals surface area contributed by atoms with E-state index in [2.05, 4.69) is 5.32 Å². The summed E-state index contributed by atoms with van der Waals surface area (Å²) in [5.74, 6) is -0.456. The van der Waals surface area contributed by atoms with Crippen LogP contribution in [-0.2, 0) is 22.1 Å². The van der Waals surface area contributed by atoms with Gasteiger partial charge in [0.25, 0.3) is 0 Å². The summed E-state index contributed by atoms with van der Waals surface area (Å²) in [4.78, 5) is 11.9. The first-order chi connectivity index (χ1) is 9.06. The van der Waals surface area contributed by atoms with Crippen molar-refractivity contribution in [3.05, 3.63) is 29.3 Å². The minimum Gasteiger partial charge on any atom is -0.458 e. The molecule has 1 aromatic carbocycles. The van der Waals surface area contributed by atoms with Crippen molar-refractivity contribution in [1.82, 2.24) is 0 Å². The van der Waals surface area contributed by atoms with Crippen molar-refractivity contribution in [2.75, 3.05) is 5.32 Å². The quantitative estimate of drug-likeness (QED) is 0.805. The molecule has 1 atom stereocenters. The van der Waals surface area contributed by atoms with Gasteiger partial charge in [-0.3, -0.25) is 0 Å². The molecular weight excluding hydrogens is 271 g/mol. The molecule has 1 unspecified atom stereocenters. The Bertz CT molecular complexity index is 532. The van der Waals surface area contributed by atoms with E-state index in [4.69, 9.17) is 4.74 Å². The Hall–Kier alpha value is -1.72. The maximum atomic E-state index is 12.6. The van der Waals surface area contributed by atoms with Gasteiger partial charge in [-0.05, 0) is 44.5 Å². The molecule has 1 aliphatic rings. The summed E-state index contributed by atoms with van der Waals surface area (Å²) in [5.41, 5.74) is -0.294. The van der Waals surface area contributed by atoms with E-state index in [1.54, 1.807) is 20.8 Å². The zero-order valence-corrected chi connectivity index (χ0v) is 11.5. The number of hydrogen-bond donors (Lipinski definition) is 1. The van der Waals surface area contributed by atoms with Crippen LogP contribution in [0, 0.1) is 0 Å². The lowest BCUT2D eigenvalue weighted by molar-refractivity contribution is -0.155. The number of carbonyl (C=O) groups is 1. The summed E-state index contributed by atoms with van der Waals surface area (Å²) in [7, 11) is 0. The van der Waals surface area contributed by atoms with Crippen LogP contribution in [0.3, 0.4) is 0 Å². The lowest BCUT2D eigenvalue weighted by atomic mass is 10.1. The van der Waals surface area contributed by atoms with Crippen molar-refractivity contribution in [1.29, 1.82) is 0 Å². The lowest BCUT2D eigenvalue weighted by Gasteiger charge is -2.22. The first-order valence-corrected chi connectivity index (χ1v) is 6.26. The number of carbonyl (C=O) groups excluding carboxylic acids is 1. The van der Waals surface area contributed by atoms with E-state index in [-0.39, 0.29) is 6.42 Å². The first-order valence-electron chi connectivity index (χ1n) is 6.26. The molecule has 1 heterocycles. The van der Waals surface area contributed by atoms with Crippen LogP contribution in [0.2, 0.25) is 0 Å². The van der Waals surface area contributed by atoms with Gasteiger partial charge >= 0.3 is 12.1 Å². The zero-order valence-electron chi connectivity index (χ0n) is 11.5. The maximum absolute atomic E-state index is 12.6. The van der Waals surface area contributed by atoms with Crippen LogP contribution in [0.25, 0.3) is 0 Å². The fourth-order valence-electron chi connectivity index (χ4n) is 2.05. The SMILES string of the molecule is CC(C)(C)OC(=O)C1Cc2cc(C(F)(F)F)ccc2N1. The Kier molecular flexibility index (Phi) is 3.44. The normalized spacial score (nSPS) is 18.4. The number of esters is 1. The fourth-order valence-corrected chi connectivity index (χ4v) is 2.05. The lowest BCUT2D eigenvalue weighted by Crippen LogP contribution is -2.35. The van der Waals surface area contributed by atoms with E-state index in [1.807, 2.05) is 0 Å². The number of halogens is 3. The van der Waals surface area contributed by atoms with Gasteiger partial charge in [-0.1, -0.05) is 0 Å². The maximum Gasteiger partial charge on any atom is 0.416 e. The number of ether oxygens (including phenoxy) is 1. The molecule has 3 nitrogen and oxygen atoms in total. The van der Waals surface area contributed by atoms with Gasteiger partial charge in [-0.2, -0.15) is 13.2 Å². The summed E-state index contributed by atoms with van der Waals surface area (Å²) in [6.45, 7) is 5.23. The molecule has 0 spiro atoms. The van der Waals surface area contributed by atoms with E-state index in [0.29, 0.717) is 11.3 Å². The van der Waals surface area contributed by atoms with Crippen LogP contribution in [0.5, 0.6) is 0 Å². The number of anilines is 1. The van der Waals surface area contributed by atoms with Crippen molar-refractivity contribution in [3.63, 3.8) is 0 Å². The molecule has 6 heteroatoms. The van der Waals surface area contributed by atoms with Crippen LogP contribution in [0.15, 0.2) is 18.2 Å². The predicted octanol–water partition coefficient (Wildman–Crippen LogP) is 3.38. The minimum atomic E-state index is -4.38. The van der Waals surface area contributed by atoms with Crippen LogP contribution < -0.4 is 5.32 Å². The highest BCUT2D eigenvalue weighted by Gasteiger charge is 2.35. The van der Waals surface area contributed by atoms with Gasteiger partial charge in [-0.15, -0.1) is 0 Å². The molecule has 0 radical (unpaired) electrons. The third-order valence-electron chi connectivity index (χ3n) is 2.88. The van der Waals surface area contributed by atoms with E-state index in [9.17, 15) is 18.0 Å². The highest BCUT2D eigenvalue weighted by molar-refractivity contribution is 5.83. The molecular formula is C14H16F3NO2. The summed E-state index contributed by atoms with van der Waals surface area (Å²) < 4.78 is 43.1. The summed E-state index contributed by atoms with van der Waals surface area (Å²) in [6.07, 6.45) is -4.17. The summed E-state index contributed by atoms with van der Waals surface area (Å²) in [5, 5.41) is 2.89. The van der Waals surface area contributed by atoms with E-state index >= 15 is 0 Å². The van der Waals surface area contributed by atoms with Crippen molar-refractivity contribution < 1.29 is 22.7 Å². The molecule has 0 aliphatic carbocycles. The van der Waals surface area contributed by atoms with Gasteiger partial charge in [0.2, 0.25) is 0 Å². The summed E-state index contributed by atoms with van der Waals surface area (Å²) >= 11 is 0. The van der Waals surface area contributed by atoms with Gasteiger partial charge < -0.3 is 10.1 Å². The predicted molar refractivity (Wildman–Crippen MR) is 68.4 cm³/mol. The fraction of sp³-hybridized carbons (Fsp3) is 0.500. The molecule has 1 aromatic rings. The van der Waals surface area contributed by atoms with E-state index < -0.39 is 29.4 Å². The second kappa shape index (κ2) is 4.68. The first kappa shape index (κ1) is 14.7. The average molecular weight is 287 g/mol.